The summed E-state index contributed by atoms with van der Waals surface area (Å²) in [7, 11) is 1.55. The highest BCUT2D eigenvalue weighted by Crippen LogP contribution is 2.29. The van der Waals surface area contributed by atoms with E-state index >= 15 is 0 Å². The molecule has 6 N–H and O–H groups in total. The zero-order chi connectivity index (χ0) is 28.6. The zero-order valence-corrected chi connectivity index (χ0v) is 21.3. The largest absolute Gasteiger partial charge is 0.497 e. The second kappa shape index (κ2) is 11.8. The molecule has 216 valence electrons. The first-order valence-corrected chi connectivity index (χ1v) is 12.5. The third-order valence-electron chi connectivity index (χ3n) is 6.95. The summed E-state index contributed by atoms with van der Waals surface area (Å²) in [4.78, 5) is 13.1. The molecule has 2 aliphatic heterocycles. The molecular weight excluding hydrogens is 532 g/mol. The molecule has 3 aromatic rings. The van der Waals surface area contributed by atoms with E-state index in [-0.39, 0.29) is 28.8 Å². The van der Waals surface area contributed by atoms with Gasteiger partial charge in [0.2, 0.25) is 6.29 Å². The van der Waals surface area contributed by atoms with E-state index in [2.05, 4.69) is 0 Å². The molecule has 40 heavy (non-hydrogen) atoms. The summed E-state index contributed by atoms with van der Waals surface area (Å²) in [6.07, 6.45) is -12.0. The molecule has 0 saturated carbocycles. The van der Waals surface area contributed by atoms with E-state index in [1.807, 2.05) is 0 Å². The number of hydrogen-bond donors (Lipinski definition) is 6. The lowest BCUT2D eigenvalue weighted by Gasteiger charge is -2.41. The number of aliphatic hydroxyl groups excluding tert-OH is 6. The normalized spacial score (nSPS) is 32.6. The van der Waals surface area contributed by atoms with E-state index in [0.717, 1.165) is 0 Å². The van der Waals surface area contributed by atoms with E-state index in [9.17, 15) is 35.4 Å². The number of aliphatic hydroxyl groups is 6. The lowest BCUT2D eigenvalue weighted by molar-refractivity contribution is -0.307. The van der Waals surface area contributed by atoms with Crippen LogP contribution in [0.2, 0.25) is 0 Å². The lowest BCUT2D eigenvalue weighted by Crippen LogP contribution is -2.61. The molecule has 3 heterocycles. The summed E-state index contributed by atoms with van der Waals surface area (Å²) in [6.45, 7) is -0.709. The van der Waals surface area contributed by atoms with Crippen molar-refractivity contribution in [2.24, 2.45) is 0 Å². The quantitative estimate of drug-likeness (QED) is 0.208. The van der Waals surface area contributed by atoms with Gasteiger partial charge in [0.05, 0.1) is 31.3 Å². The Labute approximate surface area is 227 Å². The van der Waals surface area contributed by atoms with Gasteiger partial charge < -0.3 is 58.7 Å². The molecule has 2 aliphatic rings. The van der Waals surface area contributed by atoms with Gasteiger partial charge in [0, 0.05) is 6.07 Å². The summed E-state index contributed by atoms with van der Waals surface area (Å²) >= 11 is 0. The number of methoxy groups -OCH3 is 1. The van der Waals surface area contributed by atoms with Crippen molar-refractivity contribution in [3.8, 4) is 22.6 Å². The summed E-state index contributed by atoms with van der Waals surface area (Å²) in [5, 5.41) is 60.9. The van der Waals surface area contributed by atoms with Gasteiger partial charge in [-0.25, -0.2) is 0 Å². The summed E-state index contributed by atoms with van der Waals surface area (Å²) in [6, 6.07) is 11.3. The minimum Gasteiger partial charge on any atom is -0.497 e. The molecule has 13 nitrogen and oxygen atoms in total. The van der Waals surface area contributed by atoms with Gasteiger partial charge in [-0.1, -0.05) is 12.1 Å². The molecule has 2 saturated heterocycles. The Morgan fingerprint density at radius 1 is 0.850 bits per heavy atom. The van der Waals surface area contributed by atoms with Crippen molar-refractivity contribution < 1.29 is 58.7 Å². The standard InChI is InChI=1S/C27H30O13/c1-35-13-4-2-12(3-5-13)16-9-36-18-8-14(6-7-15(18)20(16)29)39-27-25(34)23(32)22(31)19(40-27)11-38-26-24(33)21(30)17(28)10-37-26/h2-9,17,19,21-28,30-34H,10-11H2,1H3. The smallest absolute Gasteiger partial charge is 0.229 e. The van der Waals surface area contributed by atoms with Gasteiger partial charge in [-0.3, -0.25) is 4.79 Å². The predicted octanol–water partition coefficient (Wildman–Crippen LogP) is -0.889. The monoisotopic (exact) mass is 562 g/mol. The van der Waals surface area contributed by atoms with Gasteiger partial charge in [-0.15, -0.1) is 0 Å². The van der Waals surface area contributed by atoms with Gasteiger partial charge in [-0.2, -0.15) is 0 Å². The number of rotatable bonds is 7. The van der Waals surface area contributed by atoms with E-state index < -0.39 is 61.9 Å². The van der Waals surface area contributed by atoms with Crippen LogP contribution in [0.3, 0.4) is 0 Å². The molecule has 0 aliphatic carbocycles. The van der Waals surface area contributed by atoms with Gasteiger partial charge in [0.15, 0.2) is 11.7 Å². The van der Waals surface area contributed by atoms with Crippen molar-refractivity contribution in [2.45, 2.75) is 55.3 Å². The average molecular weight is 563 g/mol. The van der Waals surface area contributed by atoms with Gasteiger partial charge in [0.25, 0.3) is 0 Å². The van der Waals surface area contributed by atoms with Crippen molar-refractivity contribution in [3.63, 3.8) is 0 Å². The van der Waals surface area contributed by atoms with Crippen LogP contribution in [0.25, 0.3) is 22.1 Å². The topological polar surface area (TPSA) is 198 Å². The number of benzene rings is 2. The number of fused-ring (bicyclic) bond motifs is 1. The Kier molecular flexibility index (Phi) is 8.37. The van der Waals surface area contributed by atoms with Gasteiger partial charge in [0.1, 0.15) is 66.1 Å². The van der Waals surface area contributed by atoms with Crippen LogP contribution in [0.15, 0.2) is 57.9 Å². The van der Waals surface area contributed by atoms with Crippen LogP contribution in [-0.4, -0.2) is 106 Å². The maximum atomic E-state index is 13.1. The van der Waals surface area contributed by atoms with E-state index in [1.165, 1.54) is 24.5 Å². The van der Waals surface area contributed by atoms with E-state index in [0.29, 0.717) is 16.9 Å². The molecule has 0 amide bonds. The van der Waals surface area contributed by atoms with E-state index in [1.54, 1.807) is 31.4 Å². The minimum absolute atomic E-state index is 0.142. The highest BCUT2D eigenvalue weighted by Gasteiger charge is 2.46. The highest BCUT2D eigenvalue weighted by atomic mass is 16.7. The predicted molar refractivity (Wildman–Crippen MR) is 135 cm³/mol. The second-order valence-corrected chi connectivity index (χ2v) is 9.58. The Balaban J connectivity index is 1.29. The maximum absolute atomic E-state index is 13.1. The van der Waals surface area contributed by atoms with Crippen molar-refractivity contribution in [1.29, 1.82) is 0 Å². The van der Waals surface area contributed by atoms with Crippen molar-refractivity contribution in [3.05, 3.63) is 59.0 Å². The molecular formula is C27H30O13. The fourth-order valence-corrected chi connectivity index (χ4v) is 4.55. The Bertz CT molecular complexity index is 1360. The maximum Gasteiger partial charge on any atom is 0.229 e. The van der Waals surface area contributed by atoms with Crippen LogP contribution in [0.1, 0.15) is 0 Å². The molecule has 5 rings (SSSR count). The third-order valence-corrected chi connectivity index (χ3v) is 6.95. The Hall–Kier alpha value is -3.11. The lowest BCUT2D eigenvalue weighted by atomic mass is 9.99. The van der Waals surface area contributed by atoms with Crippen LogP contribution in [0, 0.1) is 0 Å². The van der Waals surface area contributed by atoms with Crippen LogP contribution in [0.4, 0.5) is 0 Å². The molecule has 0 bridgehead atoms. The van der Waals surface area contributed by atoms with Gasteiger partial charge >= 0.3 is 0 Å². The van der Waals surface area contributed by atoms with Crippen LogP contribution in [0.5, 0.6) is 11.5 Å². The number of ether oxygens (including phenoxy) is 5. The molecule has 0 radical (unpaired) electrons. The first-order chi connectivity index (χ1) is 19.2. The summed E-state index contributed by atoms with van der Waals surface area (Å²) in [5.41, 5.74) is 0.930. The Morgan fingerprint density at radius 3 is 2.27 bits per heavy atom. The minimum atomic E-state index is -1.68. The fourth-order valence-electron chi connectivity index (χ4n) is 4.55. The molecule has 0 spiro atoms. The Morgan fingerprint density at radius 2 is 1.55 bits per heavy atom. The van der Waals surface area contributed by atoms with Crippen molar-refractivity contribution in [1.82, 2.24) is 0 Å². The molecule has 2 fully saturated rings. The first kappa shape index (κ1) is 28.4. The van der Waals surface area contributed by atoms with Crippen LogP contribution in [-0.2, 0) is 14.2 Å². The molecule has 1 aromatic heterocycles. The summed E-state index contributed by atoms with van der Waals surface area (Å²) in [5.74, 6) is 0.788. The van der Waals surface area contributed by atoms with Crippen LogP contribution >= 0.6 is 0 Å². The molecule has 13 heteroatoms. The second-order valence-electron chi connectivity index (χ2n) is 9.58. The molecule has 9 atom stereocenters. The SMILES string of the molecule is COc1ccc(-c2coc3cc(OC4OC(COC5OCC(O)C(O)C5O)C(O)C(O)C4O)ccc3c2=O)cc1. The average Bonchev–Trinajstić information content (AvgIpc) is 2.96. The van der Waals surface area contributed by atoms with E-state index in [4.69, 9.17) is 28.1 Å². The first-order valence-electron chi connectivity index (χ1n) is 12.5. The summed E-state index contributed by atoms with van der Waals surface area (Å²) < 4.78 is 32.8. The van der Waals surface area contributed by atoms with Crippen LogP contribution < -0.4 is 14.9 Å². The highest BCUT2D eigenvalue weighted by molar-refractivity contribution is 5.82. The van der Waals surface area contributed by atoms with Crippen molar-refractivity contribution >= 4 is 11.0 Å². The number of hydrogen-bond acceptors (Lipinski definition) is 13. The third kappa shape index (κ3) is 5.56. The zero-order valence-electron chi connectivity index (χ0n) is 21.3. The molecule has 9 unspecified atom stereocenters. The van der Waals surface area contributed by atoms with Gasteiger partial charge in [-0.05, 0) is 29.8 Å². The van der Waals surface area contributed by atoms with Crippen molar-refractivity contribution in [2.75, 3.05) is 20.3 Å². The molecule has 2 aromatic carbocycles. The fraction of sp³-hybridized carbons (Fsp3) is 0.444.